The summed E-state index contributed by atoms with van der Waals surface area (Å²) in [5.41, 5.74) is 2.60. The number of amides is 4. The SMILES string of the molecule is CC(C)(C)OC(=O)CCCCCCCCCCCCCCC(=O)N(CCC(=O)N(CCC(=O)O)NC(=O)OC(C)(C)C)NC(=O)OC(C)(C)C. The fourth-order valence-electron chi connectivity index (χ4n) is 4.70. The average Bonchev–Trinajstić information content (AvgIpc) is 2.94. The van der Waals surface area contributed by atoms with Crippen LogP contribution < -0.4 is 10.9 Å². The molecule has 290 valence electrons. The number of aliphatic carboxylic acids is 1. The second-order valence-corrected chi connectivity index (χ2v) is 15.5. The molecule has 0 aliphatic carbocycles. The molecule has 0 rings (SSSR count). The number of carbonyl (C=O) groups excluding carboxylic acids is 5. The number of esters is 1. The number of ether oxygens (including phenoxy) is 3. The summed E-state index contributed by atoms with van der Waals surface area (Å²) in [5, 5.41) is 11.0. The number of carbonyl (C=O) groups is 6. The molecule has 0 aromatic carbocycles. The first-order valence-corrected chi connectivity index (χ1v) is 18.1. The highest BCUT2D eigenvalue weighted by atomic mass is 16.6. The van der Waals surface area contributed by atoms with Crippen molar-refractivity contribution in [1.82, 2.24) is 20.9 Å². The molecule has 3 N–H and O–H groups in total. The van der Waals surface area contributed by atoms with Crippen LogP contribution in [0.1, 0.15) is 165 Å². The lowest BCUT2D eigenvalue weighted by atomic mass is 10.0. The summed E-state index contributed by atoms with van der Waals surface area (Å²) in [5.74, 6) is -2.36. The number of carboxylic acids is 1. The number of hydrazine groups is 2. The predicted octanol–water partition coefficient (Wildman–Crippen LogP) is 7.19. The molecule has 0 atom stereocenters. The molecule has 14 nitrogen and oxygen atoms in total. The zero-order valence-electron chi connectivity index (χ0n) is 32.2. The number of unbranched alkanes of at least 4 members (excludes halogenated alkanes) is 11. The fourth-order valence-corrected chi connectivity index (χ4v) is 4.70. The Morgan fingerprint density at radius 1 is 0.460 bits per heavy atom. The minimum absolute atomic E-state index is 0.127. The summed E-state index contributed by atoms with van der Waals surface area (Å²) in [7, 11) is 0. The van der Waals surface area contributed by atoms with Gasteiger partial charge in [-0.15, -0.1) is 0 Å². The standard InChI is InChI=1S/C36H66N4O10/c1-34(2,3)48-31(45)23-21-19-17-15-13-11-10-12-14-16-18-20-22-28(41)39(37-32(46)49-35(4,5)6)26-24-29(42)40(27-25-30(43)44)38-33(47)50-36(7,8)9/h10-27H2,1-9H3,(H,37,46)(H,38,47)(H,43,44). The summed E-state index contributed by atoms with van der Waals surface area (Å²) >= 11 is 0. The Kier molecular flexibility index (Phi) is 22.1. The summed E-state index contributed by atoms with van der Waals surface area (Å²) in [6, 6.07) is 0. The van der Waals surface area contributed by atoms with Crippen molar-refractivity contribution in [2.24, 2.45) is 0 Å². The van der Waals surface area contributed by atoms with Crippen molar-refractivity contribution in [3.8, 4) is 0 Å². The molecule has 0 saturated heterocycles. The lowest BCUT2D eigenvalue weighted by Crippen LogP contribution is -2.52. The zero-order valence-corrected chi connectivity index (χ0v) is 32.2. The van der Waals surface area contributed by atoms with Gasteiger partial charge in [0.25, 0.3) is 0 Å². The second kappa shape index (κ2) is 23.8. The van der Waals surface area contributed by atoms with Crippen molar-refractivity contribution >= 4 is 35.9 Å². The first kappa shape index (κ1) is 46.4. The van der Waals surface area contributed by atoms with E-state index in [4.69, 9.17) is 19.3 Å². The number of hydrogen-bond donors (Lipinski definition) is 3. The van der Waals surface area contributed by atoms with Gasteiger partial charge in [0, 0.05) is 19.3 Å². The largest absolute Gasteiger partial charge is 0.481 e. The minimum Gasteiger partial charge on any atom is -0.481 e. The normalized spacial score (nSPS) is 11.7. The maximum absolute atomic E-state index is 13.1. The van der Waals surface area contributed by atoms with Crippen LogP contribution in [0, 0.1) is 0 Å². The van der Waals surface area contributed by atoms with Gasteiger partial charge in [-0.3, -0.25) is 29.2 Å². The van der Waals surface area contributed by atoms with E-state index in [-0.39, 0.29) is 31.9 Å². The number of hydrogen-bond acceptors (Lipinski definition) is 9. The van der Waals surface area contributed by atoms with Gasteiger partial charge in [-0.05, 0) is 75.2 Å². The zero-order chi connectivity index (χ0) is 38.4. The highest BCUT2D eigenvalue weighted by Crippen LogP contribution is 2.15. The molecule has 50 heavy (non-hydrogen) atoms. The molecule has 0 bridgehead atoms. The molecule has 0 aromatic rings. The summed E-state index contributed by atoms with van der Waals surface area (Å²) in [6.07, 6.45) is 10.4. The van der Waals surface area contributed by atoms with E-state index in [1.54, 1.807) is 41.5 Å². The van der Waals surface area contributed by atoms with Gasteiger partial charge in [-0.2, -0.15) is 0 Å². The van der Waals surface area contributed by atoms with Crippen molar-refractivity contribution in [1.29, 1.82) is 0 Å². The highest BCUT2D eigenvalue weighted by Gasteiger charge is 2.25. The molecule has 0 aliphatic rings. The molecular weight excluding hydrogens is 648 g/mol. The van der Waals surface area contributed by atoms with E-state index in [1.165, 1.54) is 12.8 Å². The van der Waals surface area contributed by atoms with E-state index in [2.05, 4.69) is 10.9 Å². The van der Waals surface area contributed by atoms with Gasteiger partial charge in [0.1, 0.15) is 16.8 Å². The van der Waals surface area contributed by atoms with Crippen LogP contribution in [0.2, 0.25) is 0 Å². The minimum atomic E-state index is -1.17. The molecule has 4 amide bonds. The number of carboxylic acid groups (broad SMARTS) is 1. The Hall–Kier alpha value is -3.58. The van der Waals surface area contributed by atoms with Gasteiger partial charge in [0.15, 0.2) is 0 Å². The van der Waals surface area contributed by atoms with Crippen molar-refractivity contribution in [2.45, 2.75) is 182 Å². The second-order valence-electron chi connectivity index (χ2n) is 15.5. The van der Waals surface area contributed by atoms with Crippen LogP contribution in [0.3, 0.4) is 0 Å². The Morgan fingerprint density at radius 3 is 1.14 bits per heavy atom. The third kappa shape index (κ3) is 28.3. The Labute approximate surface area is 299 Å². The summed E-state index contributed by atoms with van der Waals surface area (Å²) < 4.78 is 15.8. The van der Waals surface area contributed by atoms with Gasteiger partial charge in [0.05, 0.1) is 19.5 Å². The lowest BCUT2D eigenvalue weighted by molar-refractivity contribution is -0.155. The molecule has 0 saturated carbocycles. The van der Waals surface area contributed by atoms with Crippen molar-refractivity contribution in [2.75, 3.05) is 13.1 Å². The smallest absolute Gasteiger partial charge is 0.426 e. The first-order chi connectivity index (χ1) is 23.1. The summed E-state index contributed by atoms with van der Waals surface area (Å²) in [4.78, 5) is 73.8. The van der Waals surface area contributed by atoms with E-state index in [0.717, 1.165) is 67.8 Å². The maximum atomic E-state index is 13.1. The van der Waals surface area contributed by atoms with Crippen LogP contribution in [0.5, 0.6) is 0 Å². The molecule has 0 unspecified atom stereocenters. The van der Waals surface area contributed by atoms with Crippen LogP contribution in [0.4, 0.5) is 9.59 Å². The highest BCUT2D eigenvalue weighted by molar-refractivity contribution is 5.82. The van der Waals surface area contributed by atoms with Gasteiger partial charge >= 0.3 is 24.1 Å². The van der Waals surface area contributed by atoms with E-state index in [1.807, 2.05) is 20.8 Å². The molecule has 0 spiro atoms. The third-order valence-corrected chi connectivity index (χ3v) is 6.89. The maximum Gasteiger partial charge on any atom is 0.426 e. The molecule has 0 fully saturated rings. The average molecular weight is 715 g/mol. The Morgan fingerprint density at radius 2 is 0.780 bits per heavy atom. The molecule has 0 aromatic heterocycles. The van der Waals surface area contributed by atoms with Gasteiger partial charge in [-0.25, -0.2) is 20.4 Å². The Balaban J connectivity index is 4.67. The molecule has 0 aliphatic heterocycles. The third-order valence-electron chi connectivity index (χ3n) is 6.89. The topological polar surface area (TPSA) is 181 Å². The quantitative estimate of drug-likeness (QED) is 0.0476. The van der Waals surface area contributed by atoms with Crippen LogP contribution in [0.25, 0.3) is 0 Å². The van der Waals surface area contributed by atoms with E-state index < -0.39 is 53.2 Å². The number of rotatable bonds is 21. The fraction of sp³-hybridized carbons (Fsp3) is 0.833. The lowest BCUT2D eigenvalue weighted by Gasteiger charge is -2.28. The molecule has 0 radical (unpaired) electrons. The van der Waals surface area contributed by atoms with Crippen LogP contribution in [-0.4, -0.2) is 81.0 Å². The molecular formula is C36H66N4O10. The molecule has 14 heteroatoms. The van der Waals surface area contributed by atoms with Gasteiger partial charge in [-0.1, -0.05) is 64.2 Å². The van der Waals surface area contributed by atoms with Crippen molar-refractivity contribution in [3.05, 3.63) is 0 Å². The predicted molar refractivity (Wildman–Crippen MR) is 190 cm³/mol. The van der Waals surface area contributed by atoms with Gasteiger partial charge in [0.2, 0.25) is 11.8 Å². The van der Waals surface area contributed by atoms with Crippen molar-refractivity contribution in [3.63, 3.8) is 0 Å². The first-order valence-electron chi connectivity index (χ1n) is 18.1. The number of nitrogens with zero attached hydrogens (tertiary/aromatic N) is 2. The van der Waals surface area contributed by atoms with Crippen molar-refractivity contribution < 1.29 is 48.1 Å². The van der Waals surface area contributed by atoms with Crippen LogP contribution >= 0.6 is 0 Å². The van der Waals surface area contributed by atoms with E-state index in [9.17, 15) is 28.8 Å². The van der Waals surface area contributed by atoms with Gasteiger partial charge < -0.3 is 19.3 Å². The van der Waals surface area contributed by atoms with E-state index in [0.29, 0.717) is 12.8 Å². The summed E-state index contributed by atoms with van der Waals surface area (Å²) in [6.45, 7) is 15.1. The number of nitrogens with one attached hydrogen (secondary N) is 2. The Bertz CT molecular complexity index is 1060. The van der Waals surface area contributed by atoms with Crippen LogP contribution in [0.15, 0.2) is 0 Å². The van der Waals surface area contributed by atoms with E-state index >= 15 is 0 Å². The molecule has 0 heterocycles. The van der Waals surface area contributed by atoms with Crippen LogP contribution in [-0.2, 0) is 33.4 Å². The monoisotopic (exact) mass is 714 g/mol.